The fourth-order valence-electron chi connectivity index (χ4n) is 2.09. The fraction of sp³-hybridized carbons (Fsp3) is 0.600. The highest BCUT2D eigenvalue weighted by Gasteiger charge is 2.14. The maximum atomic E-state index is 3.80. The Morgan fingerprint density at radius 3 is 1.19 bits per heavy atom. The van der Waals surface area contributed by atoms with Crippen molar-refractivity contribution in [2.45, 2.75) is 54.4 Å². The molecule has 0 unspecified atom stereocenters. The van der Waals surface area contributed by atoms with Crippen LogP contribution in [0.5, 0.6) is 0 Å². The van der Waals surface area contributed by atoms with Gasteiger partial charge in [0, 0.05) is 0 Å². The van der Waals surface area contributed by atoms with Crippen LogP contribution in [0.25, 0.3) is 0 Å². The normalized spacial score (nSPS) is 9.75. The van der Waals surface area contributed by atoms with Gasteiger partial charge in [-0.1, -0.05) is 53.3 Å². The number of rotatable bonds is 12. The summed E-state index contributed by atoms with van der Waals surface area (Å²) in [4.78, 5) is 0. The van der Waals surface area contributed by atoms with Crippen molar-refractivity contribution in [1.29, 1.82) is 0 Å². The molecule has 0 aromatic rings. The molecular weight excluding hydrogens is 207 g/mol. The minimum absolute atomic E-state index is 0.472. The lowest BCUT2D eigenvalue weighted by Crippen LogP contribution is -2.11. The lowest BCUT2D eigenvalue weighted by atomic mass is 10.3. The van der Waals surface area contributed by atoms with Crippen LogP contribution in [0.2, 0.25) is 15.8 Å². The van der Waals surface area contributed by atoms with Gasteiger partial charge in [0.15, 0.2) is 0 Å². The van der Waals surface area contributed by atoms with Gasteiger partial charge in [-0.3, -0.25) is 0 Å². The number of unbranched alkanes of at least 4 members (excludes halogenated alkanes) is 3. The van der Waals surface area contributed by atoms with E-state index in [1.54, 1.807) is 0 Å². The number of hydrogen-bond acceptors (Lipinski definition) is 0. The van der Waals surface area contributed by atoms with Gasteiger partial charge in [-0.25, -0.2) is 0 Å². The highest BCUT2D eigenvalue weighted by Crippen LogP contribution is 2.16. The van der Waals surface area contributed by atoms with E-state index >= 15 is 0 Å². The second-order valence-corrected chi connectivity index (χ2v) is 7.99. The Hall–Kier alpha value is -0.248. The molecule has 0 radical (unpaired) electrons. The van der Waals surface area contributed by atoms with Crippen molar-refractivity contribution in [1.82, 2.24) is 0 Å². The van der Waals surface area contributed by atoms with Crippen molar-refractivity contribution in [2.24, 2.45) is 0 Å². The molecule has 0 atom stereocenters. The van der Waals surface area contributed by atoms with Crippen LogP contribution in [-0.2, 0) is 0 Å². The summed E-state index contributed by atoms with van der Waals surface area (Å²) >= 11 is -0.472. The molecular formula is C15H27Al. The van der Waals surface area contributed by atoms with Crippen molar-refractivity contribution in [3.63, 3.8) is 0 Å². The first-order valence-electron chi connectivity index (χ1n) is 6.67. The predicted octanol–water partition coefficient (Wildman–Crippen LogP) is 5.38. The lowest BCUT2D eigenvalue weighted by molar-refractivity contribution is 0.867. The Kier molecular flexibility index (Phi) is 12.6. The largest absolute Gasteiger partial charge is 0.261 e. The first-order valence-corrected chi connectivity index (χ1v) is 9.12. The molecule has 0 saturated carbocycles. The van der Waals surface area contributed by atoms with Gasteiger partial charge in [-0.2, -0.15) is 0 Å². The molecule has 16 heavy (non-hydrogen) atoms. The van der Waals surface area contributed by atoms with Gasteiger partial charge in [0.2, 0.25) is 0 Å². The highest BCUT2D eigenvalue weighted by molar-refractivity contribution is 6.58. The molecule has 0 aliphatic rings. The van der Waals surface area contributed by atoms with Crippen molar-refractivity contribution in [3.05, 3.63) is 38.0 Å². The molecule has 0 aliphatic carbocycles. The second kappa shape index (κ2) is 12.8. The molecule has 0 aromatic heterocycles. The van der Waals surface area contributed by atoms with E-state index in [9.17, 15) is 0 Å². The van der Waals surface area contributed by atoms with E-state index in [0.717, 1.165) is 0 Å². The van der Waals surface area contributed by atoms with Gasteiger partial charge in [0.1, 0.15) is 0 Å². The second-order valence-electron chi connectivity index (χ2n) is 4.52. The third kappa shape index (κ3) is 10.3. The fourth-order valence-corrected chi connectivity index (χ4v) is 5.39. The Balaban J connectivity index is 3.69. The smallest absolute Gasteiger partial charge is 0.103 e. The molecule has 0 amide bonds. The molecule has 0 bridgehead atoms. The Bertz CT molecular complexity index is 151. The van der Waals surface area contributed by atoms with Crippen LogP contribution in [0.4, 0.5) is 0 Å². The average Bonchev–Trinajstić information content (AvgIpc) is 2.29. The van der Waals surface area contributed by atoms with Crippen LogP contribution in [0.3, 0.4) is 0 Å². The standard InChI is InChI=1S/3C5H9.Al/c3*1-3-5-4-2;/h3*3H,1-2,4-5H2;. The van der Waals surface area contributed by atoms with Crippen molar-refractivity contribution < 1.29 is 0 Å². The summed E-state index contributed by atoms with van der Waals surface area (Å²) in [6, 6.07) is 0. The average molecular weight is 234 g/mol. The number of allylic oxidation sites excluding steroid dienone is 3. The Morgan fingerprint density at radius 1 is 0.625 bits per heavy atom. The van der Waals surface area contributed by atoms with Gasteiger partial charge >= 0.3 is 0 Å². The summed E-state index contributed by atoms with van der Waals surface area (Å²) in [5.41, 5.74) is 0. The summed E-state index contributed by atoms with van der Waals surface area (Å²) in [5, 5.41) is 4.50. The minimum Gasteiger partial charge on any atom is -0.103 e. The molecule has 0 heterocycles. The molecule has 0 nitrogen and oxygen atoms in total. The quantitative estimate of drug-likeness (QED) is 0.241. The van der Waals surface area contributed by atoms with E-state index in [-0.39, 0.29) is 0 Å². The zero-order valence-corrected chi connectivity index (χ0v) is 11.9. The SMILES string of the molecule is C=CCC[CH2][Al]([CH2]CCC=C)[CH2]CCC=C. The maximum absolute atomic E-state index is 3.80. The predicted molar refractivity (Wildman–Crippen MR) is 78.5 cm³/mol. The Morgan fingerprint density at radius 2 is 0.938 bits per heavy atom. The Labute approximate surface area is 107 Å². The molecule has 0 aromatic carbocycles. The zero-order chi connectivity index (χ0) is 12.1. The molecule has 0 spiro atoms. The molecule has 0 fully saturated rings. The molecule has 0 aliphatic heterocycles. The van der Waals surface area contributed by atoms with Crippen molar-refractivity contribution in [3.8, 4) is 0 Å². The van der Waals surface area contributed by atoms with Crippen LogP contribution < -0.4 is 0 Å². The van der Waals surface area contributed by atoms with Gasteiger partial charge < -0.3 is 0 Å². The van der Waals surface area contributed by atoms with Crippen LogP contribution in [0.1, 0.15) is 38.5 Å². The highest BCUT2D eigenvalue weighted by atomic mass is 27.2. The van der Waals surface area contributed by atoms with Crippen LogP contribution in [0.15, 0.2) is 38.0 Å². The van der Waals surface area contributed by atoms with E-state index in [1.165, 1.54) is 54.4 Å². The summed E-state index contributed by atoms with van der Waals surface area (Å²) in [5.74, 6) is 0. The van der Waals surface area contributed by atoms with E-state index < -0.39 is 14.1 Å². The van der Waals surface area contributed by atoms with E-state index in [2.05, 4.69) is 38.0 Å². The van der Waals surface area contributed by atoms with E-state index in [0.29, 0.717) is 0 Å². The first-order chi connectivity index (χ1) is 7.85. The summed E-state index contributed by atoms with van der Waals surface area (Å²) < 4.78 is 0. The van der Waals surface area contributed by atoms with Gasteiger partial charge in [0.25, 0.3) is 14.1 Å². The zero-order valence-electron chi connectivity index (χ0n) is 10.8. The molecule has 0 rings (SSSR count). The molecule has 0 saturated heterocycles. The molecule has 0 N–H and O–H groups in total. The molecule has 1 heteroatoms. The lowest BCUT2D eigenvalue weighted by Gasteiger charge is -2.10. The third-order valence-corrected chi connectivity index (χ3v) is 6.74. The molecule has 90 valence electrons. The minimum atomic E-state index is -0.472. The summed E-state index contributed by atoms with van der Waals surface area (Å²) in [6.45, 7) is 11.4. The third-order valence-electron chi connectivity index (χ3n) is 3.06. The summed E-state index contributed by atoms with van der Waals surface area (Å²) in [7, 11) is 0. The van der Waals surface area contributed by atoms with E-state index in [1.807, 2.05) is 0 Å². The summed E-state index contributed by atoms with van der Waals surface area (Å²) in [6.07, 6.45) is 13.9. The van der Waals surface area contributed by atoms with Crippen LogP contribution >= 0.6 is 0 Å². The van der Waals surface area contributed by atoms with Crippen LogP contribution in [0, 0.1) is 0 Å². The van der Waals surface area contributed by atoms with Gasteiger partial charge in [-0.15, -0.1) is 19.7 Å². The number of hydrogen-bond donors (Lipinski definition) is 0. The van der Waals surface area contributed by atoms with E-state index in [4.69, 9.17) is 0 Å². The van der Waals surface area contributed by atoms with Crippen LogP contribution in [-0.4, -0.2) is 14.1 Å². The van der Waals surface area contributed by atoms with Gasteiger partial charge in [-0.05, 0) is 19.3 Å². The monoisotopic (exact) mass is 234 g/mol. The first kappa shape index (κ1) is 15.8. The van der Waals surface area contributed by atoms with Crippen molar-refractivity contribution in [2.75, 3.05) is 0 Å². The van der Waals surface area contributed by atoms with Crippen molar-refractivity contribution >= 4 is 14.1 Å². The topological polar surface area (TPSA) is 0 Å². The van der Waals surface area contributed by atoms with Gasteiger partial charge in [0.05, 0.1) is 0 Å². The maximum Gasteiger partial charge on any atom is 0.261 e.